The Morgan fingerprint density at radius 2 is 1.88 bits per heavy atom. The van der Waals surface area contributed by atoms with E-state index >= 15 is 0 Å². The molecular formula is C25H32ClN5O2S. The number of likely N-dealkylation sites (tertiary alicyclic amines) is 1. The minimum absolute atomic E-state index is 0.115. The summed E-state index contributed by atoms with van der Waals surface area (Å²) in [5.41, 5.74) is 2.24. The van der Waals surface area contributed by atoms with Gasteiger partial charge in [0.25, 0.3) is 0 Å². The molecule has 0 spiro atoms. The number of rotatable bonds is 6. The third-order valence-electron chi connectivity index (χ3n) is 7.13. The Kier molecular flexibility index (Phi) is 7.06. The Hall–Kier alpha value is -2.19. The van der Waals surface area contributed by atoms with Crippen LogP contribution in [0, 0.1) is 0 Å². The zero-order valence-corrected chi connectivity index (χ0v) is 21.2. The molecule has 2 aromatic rings. The van der Waals surface area contributed by atoms with Gasteiger partial charge in [0.1, 0.15) is 10.7 Å². The highest BCUT2D eigenvalue weighted by Gasteiger charge is 2.31. The number of fused-ring (bicyclic) bond motifs is 1. The van der Waals surface area contributed by atoms with Crippen LogP contribution in [0.15, 0.2) is 29.2 Å². The number of halogens is 1. The van der Waals surface area contributed by atoms with Crippen LogP contribution in [0.4, 0.5) is 11.8 Å². The van der Waals surface area contributed by atoms with E-state index in [2.05, 4.69) is 29.3 Å². The van der Waals surface area contributed by atoms with Crippen molar-refractivity contribution in [3.05, 3.63) is 40.5 Å². The molecule has 4 heterocycles. The topological polar surface area (TPSA) is 78.4 Å². The molecule has 3 aliphatic heterocycles. The molecule has 3 aliphatic rings. The highest BCUT2D eigenvalue weighted by Crippen LogP contribution is 2.34. The van der Waals surface area contributed by atoms with E-state index in [0.717, 1.165) is 73.3 Å². The lowest BCUT2D eigenvalue weighted by Gasteiger charge is -2.34. The van der Waals surface area contributed by atoms with Crippen molar-refractivity contribution in [1.29, 1.82) is 0 Å². The maximum atomic E-state index is 12.8. The number of amides is 1. The molecule has 0 radical (unpaired) electrons. The Morgan fingerprint density at radius 1 is 1.12 bits per heavy atom. The number of anilines is 2. The van der Waals surface area contributed by atoms with Crippen molar-refractivity contribution in [2.75, 3.05) is 42.1 Å². The molecule has 182 valence electrons. The zero-order chi connectivity index (χ0) is 23.7. The van der Waals surface area contributed by atoms with E-state index < -0.39 is 10.8 Å². The predicted molar refractivity (Wildman–Crippen MR) is 136 cm³/mol. The molecule has 1 amide bonds. The average molecular weight is 502 g/mol. The Morgan fingerprint density at radius 3 is 2.62 bits per heavy atom. The van der Waals surface area contributed by atoms with Crippen LogP contribution in [-0.4, -0.2) is 63.0 Å². The van der Waals surface area contributed by atoms with Crippen molar-refractivity contribution in [1.82, 2.24) is 14.9 Å². The predicted octanol–water partition coefficient (Wildman–Crippen LogP) is 3.99. The van der Waals surface area contributed by atoms with E-state index in [9.17, 15) is 9.00 Å². The van der Waals surface area contributed by atoms with E-state index in [-0.39, 0.29) is 11.9 Å². The lowest BCUT2D eigenvalue weighted by molar-refractivity contribution is -0.133. The average Bonchev–Trinajstić information content (AvgIpc) is 3.23. The molecule has 1 aromatic carbocycles. The monoisotopic (exact) mass is 501 g/mol. The van der Waals surface area contributed by atoms with Crippen LogP contribution in [0.1, 0.15) is 56.2 Å². The number of aromatic nitrogens is 2. The molecule has 34 heavy (non-hydrogen) atoms. The van der Waals surface area contributed by atoms with Crippen LogP contribution in [0.5, 0.6) is 0 Å². The van der Waals surface area contributed by atoms with Crippen LogP contribution in [0.3, 0.4) is 0 Å². The summed E-state index contributed by atoms with van der Waals surface area (Å²) in [7, 11) is -1.08. The van der Waals surface area contributed by atoms with Crippen LogP contribution >= 0.6 is 11.6 Å². The number of nitrogens with zero attached hydrogens (tertiary/aromatic N) is 4. The number of hydrogen-bond acceptors (Lipinski definition) is 6. The second kappa shape index (κ2) is 10.2. The first kappa shape index (κ1) is 23.5. The van der Waals surface area contributed by atoms with E-state index in [1.807, 2.05) is 17.0 Å². The SMILES string of the molecule is CCCN1C[C@@H](Nc2nc(N3CCC(c4ccc(Cl)cc4)CC3)nc3c2S(=O)CC3)CCC1=O. The molecule has 1 unspecified atom stereocenters. The largest absolute Gasteiger partial charge is 0.364 e. The lowest BCUT2D eigenvalue weighted by Crippen LogP contribution is -2.46. The molecule has 2 saturated heterocycles. The number of carbonyl (C=O) groups is 1. The van der Waals surface area contributed by atoms with Gasteiger partial charge >= 0.3 is 0 Å². The normalized spacial score (nSPS) is 23.3. The molecule has 0 saturated carbocycles. The standard InChI is InChI=1S/C25H32ClN5O2S/c1-2-12-31-16-20(7-8-22(31)32)27-24-23-21(11-15-34(23)33)28-25(29-24)30-13-9-18(10-14-30)17-3-5-19(26)6-4-17/h3-6,18,20H,2,7-16H2,1H3,(H,27,28,29)/t20-,34?/m0/s1. The molecule has 1 aromatic heterocycles. The van der Waals surface area contributed by atoms with E-state index in [4.69, 9.17) is 21.6 Å². The molecular weight excluding hydrogens is 470 g/mol. The fourth-order valence-corrected chi connectivity index (χ4v) is 6.72. The molecule has 0 aliphatic carbocycles. The maximum absolute atomic E-state index is 12.8. The Labute approximate surface area is 208 Å². The second-order valence-electron chi connectivity index (χ2n) is 9.48. The fourth-order valence-electron chi connectivity index (χ4n) is 5.28. The number of nitrogens with one attached hydrogen (secondary N) is 1. The van der Waals surface area contributed by atoms with Crippen molar-refractivity contribution < 1.29 is 9.00 Å². The van der Waals surface area contributed by atoms with Crippen LogP contribution in [0.2, 0.25) is 5.02 Å². The van der Waals surface area contributed by atoms with Gasteiger partial charge in [-0.1, -0.05) is 30.7 Å². The summed E-state index contributed by atoms with van der Waals surface area (Å²) in [5.74, 6) is 2.77. The van der Waals surface area contributed by atoms with Gasteiger partial charge in [0.05, 0.1) is 16.5 Å². The highest BCUT2D eigenvalue weighted by molar-refractivity contribution is 7.85. The van der Waals surface area contributed by atoms with E-state index in [0.29, 0.717) is 30.5 Å². The summed E-state index contributed by atoms with van der Waals surface area (Å²) >= 11 is 6.05. The first-order valence-corrected chi connectivity index (χ1v) is 14.1. The van der Waals surface area contributed by atoms with Crippen molar-refractivity contribution in [2.45, 2.75) is 62.3 Å². The second-order valence-corrected chi connectivity index (χ2v) is 11.4. The summed E-state index contributed by atoms with van der Waals surface area (Å²) in [5, 5.41) is 4.33. The van der Waals surface area contributed by atoms with Gasteiger partial charge in [0, 0.05) is 55.8 Å². The van der Waals surface area contributed by atoms with Crippen LogP contribution < -0.4 is 10.2 Å². The first-order chi connectivity index (χ1) is 16.5. The number of aryl methyl sites for hydroxylation is 1. The lowest BCUT2D eigenvalue weighted by atomic mass is 9.89. The molecule has 5 rings (SSSR count). The number of benzene rings is 1. The van der Waals surface area contributed by atoms with Gasteiger partial charge in [0.2, 0.25) is 11.9 Å². The summed E-state index contributed by atoms with van der Waals surface area (Å²) in [6.07, 6.45) is 5.05. The van der Waals surface area contributed by atoms with Crippen molar-refractivity contribution in [3.63, 3.8) is 0 Å². The third-order valence-corrected chi connectivity index (χ3v) is 8.84. The molecule has 2 fully saturated rings. The van der Waals surface area contributed by atoms with Crippen molar-refractivity contribution >= 4 is 40.1 Å². The first-order valence-electron chi connectivity index (χ1n) is 12.4. The number of piperidine rings is 2. The summed E-state index contributed by atoms with van der Waals surface area (Å²) < 4.78 is 12.8. The van der Waals surface area contributed by atoms with Gasteiger partial charge in [-0.2, -0.15) is 4.98 Å². The van der Waals surface area contributed by atoms with Gasteiger partial charge in [-0.3, -0.25) is 9.00 Å². The molecule has 7 nitrogen and oxygen atoms in total. The van der Waals surface area contributed by atoms with Gasteiger partial charge in [0.15, 0.2) is 0 Å². The number of carbonyl (C=O) groups excluding carboxylic acids is 1. The Bertz CT molecular complexity index is 1070. The summed E-state index contributed by atoms with van der Waals surface area (Å²) in [4.78, 5) is 26.9. The van der Waals surface area contributed by atoms with E-state index in [1.165, 1.54) is 5.56 Å². The highest BCUT2D eigenvalue weighted by atomic mass is 35.5. The minimum atomic E-state index is -1.08. The summed E-state index contributed by atoms with van der Waals surface area (Å²) in [6, 6.07) is 8.30. The molecule has 2 atom stereocenters. The van der Waals surface area contributed by atoms with Crippen LogP contribution in [-0.2, 0) is 22.0 Å². The number of hydrogen-bond donors (Lipinski definition) is 1. The summed E-state index contributed by atoms with van der Waals surface area (Å²) in [6.45, 7) is 5.30. The smallest absolute Gasteiger partial charge is 0.227 e. The van der Waals surface area contributed by atoms with Gasteiger partial charge in [-0.15, -0.1) is 0 Å². The van der Waals surface area contributed by atoms with Gasteiger partial charge in [-0.25, -0.2) is 4.98 Å². The fraction of sp³-hybridized carbons (Fsp3) is 0.560. The zero-order valence-electron chi connectivity index (χ0n) is 19.6. The molecule has 1 N–H and O–H groups in total. The molecule has 0 bridgehead atoms. The molecule has 9 heteroatoms. The van der Waals surface area contributed by atoms with E-state index in [1.54, 1.807) is 0 Å². The quantitative estimate of drug-likeness (QED) is 0.644. The third kappa shape index (κ3) is 4.93. The Balaban J connectivity index is 1.32. The van der Waals surface area contributed by atoms with Crippen molar-refractivity contribution in [3.8, 4) is 0 Å². The van der Waals surface area contributed by atoms with Crippen molar-refractivity contribution in [2.24, 2.45) is 0 Å². The van der Waals surface area contributed by atoms with Crippen LogP contribution in [0.25, 0.3) is 0 Å². The van der Waals surface area contributed by atoms with Gasteiger partial charge < -0.3 is 15.1 Å². The maximum Gasteiger partial charge on any atom is 0.227 e. The minimum Gasteiger partial charge on any atom is -0.364 e. The van der Waals surface area contributed by atoms with Gasteiger partial charge in [-0.05, 0) is 49.3 Å².